The van der Waals surface area contributed by atoms with E-state index in [1.54, 1.807) is 0 Å². The van der Waals surface area contributed by atoms with Crippen molar-refractivity contribution in [3.63, 3.8) is 0 Å². The standard InChI is InChI=1S/C12H16ClNO2S/c13-7-4-8-17(15,16)14-12-9-11(12)10-5-2-1-3-6-10/h1-3,5-6,11-12,14H,4,7-9H2. The molecule has 2 rings (SSSR count). The van der Waals surface area contributed by atoms with Crippen molar-refractivity contribution < 1.29 is 8.42 Å². The van der Waals surface area contributed by atoms with Gasteiger partial charge in [0.25, 0.3) is 0 Å². The van der Waals surface area contributed by atoms with Gasteiger partial charge in [-0.25, -0.2) is 13.1 Å². The Bertz CT molecular complexity index is 461. The van der Waals surface area contributed by atoms with Crippen molar-refractivity contribution in [2.75, 3.05) is 11.6 Å². The number of benzene rings is 1. The SMILES string of the molecule is O=S(=O)(CCCCl)NC1CC1c1ccccc1. The lowest BCUT2D eigenvalue weighted by Gasteiger charge is -2.05. The Morgan fingerprint density at radius 2 is 2.00 bits per heavy atom. The Hall–Kier alpha value is -0.580. The third kappa shape index (κ3) is 3.69. The molecule has 0 amide bonds. The van der Waals surface area contributed by atoms with Crippen molar-refractivity contribution in [1.82, 2.24) is 4.72 Å². The average molecular weight is 274 g/mol. The van der Waals surface area contributed by atoms with E-state index in [1.165, 1.54) is 5.56 Å². The Labute approximate surface area is 107 Å². The minimum absolute atomic E-state index is 0.0673. The monoisotopic (exact) mass is 273 g/mol. The van der Waals surface area contributed by atoms with Crippen LogP contribution in [-0.4, -0.2) is 26.1 Å². The summed E-state index contributed by atoms with van der Waals surface area (Å²) in [4.78, 5) is 0. The van der Waals surface area contributed by atoms with Gasteiger partial charge < -0.3 is 0 Å². The Morgan fingerprint density at radius 1 is 1.29 bits per heavy atom. The Balaban J connectivity index is 1.88. The molecule has 1 aromatic carbocycles. The van der Waals surface area contributed by atoms with E-state index in [-0.39, 0.29) is 11.8 Å². The van der Waals surface area contributed by atoms with Crippen LogP contribution in [0.25, 0.3) is 0 Å². The van der Waals surface area contributed by atoms with Gasteiger partial charge in [-0.1, -0.05) is 30.3 Å². The molecule has 1 N–H and O–H groups in total. The highest BCUT2D eigenvalue weighted by Crippen LogP contribution is 2.40. The summed E-state index contributed by atoms with van der Waals surface area (Å²) in [6, 6.07) is 10.1. The van der Waals surface area contributed by atoms with Gasteiger partial charge in [-0.3, -0.25) is 0 Å². The molecule has 0 spiro atoms. The minimum atomic E-state index is -3.16. The maximum atomic E-state index is 11.6. The van der Waals surface area contributed by atoms with Gasteiger partial charge in [0.05, 0.1) is 5.75 Å². The topological polar surface area (TPSA) is 46.2 Å². The molecule has 0 radical (unpaired) electrons. The van der Waals surface area contributed by atoms with E-state index >= 15 is 0 Å². The molecular weight excluding hydrogens is 258 g/mol. The predicted molar refractivity (Wildman–Crippen MR) is 69.8 cm³/mol. The van der Waals surface area contributed by atoms with Crippen molar-refractivity contribution >= 4 is 21.6 Å². The minimum Gasteiger partial charge on any atom is -0.212 e. The molecule has 1 aromatic rings. The molecule has 0 heterocycles. The molecule has 17 heavy (non-hydrogen) atoms. The zero-order chi connectivity index (χ0) is 12.3. The van der Waals surface area contributed by atoms with E-state index in [0.29, 0.717) is 18.2 Å². The second-order valence-corrected chi connectivity index (χ2v) is 6.59. The highest BCUT2D eigenvalue weighted by Gasteiger charge is 2.40. The normalized spacial score (nSPS) is 23.6. The molecule has 5 heteroatoms. The number of sulfonamides is 1. The van der Waals surface area contributed by atoms with Gasteiger partial charge in [-0.05, 0) is 18.4 Å². The molecule has 2 atom stereocenters. The number of hydrogen-bond donors (Lipinski definition) is 1. The second kappa shape index (κ2) is 5.38. The number of halogens is 1. The van der Waals surface area contributed by atoms with Gasteiger partial charge in [0.2, 0.25) is 10.0 Å². The molecule has 1 aliphatic rings. The van der Waals surface area contributed by atoms with Crippen molar-refractivity contribution in [2.24, 2.45) is 0 Å². The lowest BCUT2D eigenvalue weighted by molar-refractivity contribution is 0.578. The van der Waals surface area contributed by atoms with Crippen LogP contribution in [0.4, 0.5) is 0 Å². The molecule has 94 valence electrons. The highest BCUT2D eigenvalue weighted by molar-refractivity contribution is 7.89. The van der Waals surface area contributed by atoms with Crippen LogP contribution < -0.4 is 4.72 Å². The smallest absolute Gasteiger partial charge is 0.211 e. The molecule has 0 bridgehead atoms. The van der Waals surface area contributed by atoms with Gasteiger partial charge in [0.1, 0.15) is 0 Å². The molecule has 0 aromatic heterocycles. The van der Waals surface area contributed by atoms with Crippen molar-refractivity contribution in [2.45, 2.75) is 24.8 Å². The molecule has 1 fully saturated rings. The van der Waals surface area contributed by atoms with E-state index in [0.717, 1.165) is 6.42 Å². The van der Waals surface area contributed by atoms with Gasteiger partial charge >= 0.3 is 0 Å². The Kier molecular flexibility index (Phi) is 4.07. The number of hydrogen-bond acceptors (Lipinski definition) is 2. The summed E-state index contributed by atoms with van der Waals surface area (Å²) in [6.45, 7) is 0. The van der Waals surface area contributed by atoms with Crippen LogP contribution in [0.5, 0.6) is 0 Å². The molecule has 1 saturated carbocycles. The first-order valence-corrected chi connectivity index (χ1v) is 7.92. The molecule has 3 nitrogen and oxygen atoms in total. The number of nitrogens with one attached hydrogen (secondary N) is 1. The fourth-order valence-electron chi connectivity index (χ4n) is 1.93. The molecule has 0 aliphatic heterocycles. The fraction of sp³-hybridized carbons (Fsp3) is 0.500. The first kappa shape index (κ1) is 12.9. The van der Waals surface area contributed by atoms with Crippen LogP contribution in [0, 0.1) is 0 Å². The van der Waals surface area contributed by atoms with Gasteiger partial charge in [0.15, 0.2) is 0 Å². The zero-order valence-corrected chi connectivity index (χ0v) is 11.0. The first-order valence-electron chi connectivity index (χ1n) is 5.73. The van der Waals surface area contributed by atoms with Crippen LogP contribution in [0.3, 0.4) is 0 Å². The molecule has 0 saturated heterocycles. The van der Waals surface area contributed by atoms with Crippen molar-refractivity contribution in [3.8, 4) is 0 Å². The van der Waals surface area contributed by atoms with E-state index in [4.69, 9.17) is 11.6 Å². The zero-order valence-electron chi connectivity index (χ0n) is 9.47. The second-order valence-electron chi connectivity index (χ2n) is 4.34. The van der Waals surface area contributed by atoms with Gasteiger partial charge in [-0.2, -0.15) is 0 Å². The highest BCUT2D eigenvalue weighted by atomic mass is 35.5. The van der Waals surface area contributed by atoms with E-state index < -0.39 is 10.0 Å². The summed E-state index contributed by atoms with van der Waals surface area (Å²) < 4.78 is 26.0. The summed E-state index contributed by atoms with van der Waals surface area (Å²) in [6.07, 6.45) is 1.39. The van der Waals surface area contributed by atoms with Crippen LogP contribution in [0.15, 0.2) is 30.3 Å². The van der Waals surface area contributed by atoms with Crippen molar-refractivity contribution in [1.29, 1.82) is 0 Å². The third-order valence-corrected chi connectivity index (χ3v) is 4.65. The van der Waals surface area contributed by atoms with Crippen LogP contribution in [0.2, 0.25) is 0 Å². The number of rotatable bonds is 6. The van der Waals surface area contributed by atoms with Crippen LogP contribution in [0.1, 0.15) is 24.3 Å². The van der Waals surface area contributed by atoms with Gasteiger partial charge in [0, 0.05) is 17.8 Å². The Morgan fingerprint density at radius 3 is 2.65 bits per heavy atom. The summed E-state index contributed by atoms with van der Waals surface area (Å²) in [7, 11) is -3.16. The predicted octanol–water partition coefficient (Wildman–Crippen LogP) is 2.09. The number of alkyl halides is 1. The summed E-state index contributed by atoms with van der Waals surface area (Å²) >= 11 is 5.49. The first-order chi connectivity index (χ1) is 8.12. The van der Waals surface area contributed by atoms with Gasteiger partial charge in [-0.15, -0.1) is 11.6 Å². The molecular formula is C12H16ClNO2S. The van der Waals surface area contributed by atoms with E-state index in [1.807, 2.05) is 30.3 Å². The maximum Gasteiger partial charge on any atom is 0.211 e. The van der Waals surface area contributed by atoms with Crippen molar-refractivity contribution in [3.05, 3.63) is 35.9 Å². The quantitative estimate of drug-likeness (QED) is 0.807. The van der Waals surface area contributed by atoms with Crippen LogP contribution >= 0.6 is 11.6 Å². The molecule has 2 unspecified atom stereocenters. The maximum absolute atomic E-state index is 11.6. The summed E-state index contributed by atoms with van der Waals surface area (Å²) in [5, 5.41) is 0. The van der Waals surface area contributed by atoms with E-state index in [2.05, 4.69) is 4.72 Å². The fourth-order valence-corrected chi connectivity index (χ4v) is 3.58. The average Bonchev–Trinajstić information content (AvgIpc) is 3.06. The lowest BCUT2D eigenvalue weighted by atomic mass is 10.1. The summed E-state index contributed by atoms with van der Waals surface area (Å²) in [5.74, 6) is 0.837. The van der Waals surface area contributed by atoms with Crippen LogP contribution in [-0.2, 0) is 10.0 Å². The summed E-state index contributed by atoms with van der Waals surface area (Å²) in [5.41, 5.74) is 1.21. The third-order valence-electron chi connectivity index (χ3n) is 2.90. The largest absolute Gasteiger partial charge is 0.212 e. The molecule has 1 aliphatic carbocycles. The van der Waals surface area contributed by atoms with E-state index in [9.17, 15) is 8.42 Å². The lowest BCUT2D eigenvalue weighted by Crippen LogP contribution is -2.29.